The number of carbonyl (C=O) groups excluding carboxylic acids is 2. The van der Waals surface area contributed by atoms with Crippen LogP contribution in [0.4, 0.5) is 31.1 Å². The quantitative estimate of drug-likeness (QED) is 0.424. The fourth-order valence-corrected chi connectivity index (χ4v) is 4.96. The highest BCUT2D eigenvalue weighted by molar-refractivity contribution is 7.89. The van der Waals surface area contributed by atoms with Crippen LogP contribution in [0, 0.1) is 0 Å². The van der Waals surface area contributed by atoms with Gasteiger partial charge in [0.2, 0.25) is 10.0 Å². The summed E-state index contributed by atoms with van der Waals surface area (Å²) in [6.07, 6.45) is -12.3. The Morgan fingerprint density at radius 1 is 1.00 bits per heavy atom. The van der Waals surface area contributed by atoms with E-state index >= 15 is 0 Å². The van der Waals surface area contributed by atoms with E-state index in [4.69, 9.17) is 11.5 Å². The minimum Gasteiger partial charge on any atom is -0.369 e. The fourth-order valence-electron chi connectivity index (χ4n) is 4.18. The summed E-state index contributed by atoms with van der Waals surface area (Å²) in [4.78, 5) is 25.5. The molecular formula is C20H18F6N4O5S. The number of nitrogens with one attached hydrogen (secondary N) is 1. The van der Waals surface area contributed by atoms with E-state index in [1.807, 2.05) is 0 Å². The molecule has 0 bridgehead atoms. The minimum atomic E-state index is -6.15. The number of hydrogen-bond donors (Lipinski definition) is 4. The van der Waals surface area contributed by atoms with Crippen molar-refractivity contribution >= 4 is 22.0 Å². The summed E-state index contributed by atoms with van der Waals surface area (Å²) < 4.78 is 106. The van der Waals surface area contributed by atoms with Gasteiger partial charge >= 0.3 is 18.4 Å². The predicted octanol–water partition coefficient (Wildman–Crippen LogP) is 1.53. The summed E-state index contributed by atoms with van der Waals surface area (Å²) in [5.74, 6) is -1.28. The van der Waals surface area contributed by atoms with Crippen molar-refractivity contribution in [1.29, 1.82) is 0 Å². The van der Waals surface area contributed by atoms with E-state index in [9.17, 15) is 49.5 Å². The maximum atomic E-state index is 13.3. The zero-order valence-corrected chi connectivity index (χ0v) is 18.9. The van der Waals surface area contributed by atoms with Gasteiger partial charge in [-0.3, -0.25) is 9.69 Å². The zero-order valence-electron chi connectivity index (χ0n) is 18.1. The Morgan fingerprint density at radius 2 is 1.53 bits per heavy atom. The zero-order chi connectivity index (χ0) is 27.5. The van der Waals surface area contributed by atoms with Crippen LogP contribution >= 0.6 is 0 Å². The molecule has 3 amide bonds. The summed E-state index contributed by atoms with van der Waals surface area (Å²) in [6, 6.07) is 3.96. The predicted molar refractivity (Wildman–Crippen MR) is 110 cm³/mol. The first-order chi connectivity index (χ1) is 16.4. The second kappa shape index (κ2) is 8.35. The lowest BCUT2D eigenvalue weighted by molar-refractivity contribution is -0.376. The summed E-state index contributed by atoms with van der Waals surface area (Å²) in [5, 5.41) is 9.62. The topological polar surface area (TPSA) is 156 Å². The minimum absolute atomic E-state index is 0.0708. The number of sulfonamides is 1. The van der Waals surface area contributed by atoms with Crippen molar-refractivity contribution < 1.29 is 49.5 Å². The number of urea groups is 1. The molecule has 1 heterocycles. The molecule has 0 saturated heterocycles. The Labute approximate surface area is 199 Å². The molecule has 6 N–H and O–H groups in total. The van der Waals surface area contributed by atoms with E-state index in [2.05, 4.69) is 4.72 Å². The van der Waals surface area contributed by atoms with E-state index in [-0.39, 0.29) is 33.7 Å². The molecule has 3 rings (SSSR count). The van der Waals surface area contributed by atoms with Gasteiger partial charge in [-0.1, -0.05) is 30.3 Å². The molecular weight excluding hydrogens is 522 g/mol. The van der Waals surface area contributed by atoms with Gasteiger partial charge in [-0.2, -0.15) is 26.3 Å². The highest BCUT2D eigenvalue weighted by Gasteiger charge is 2.71. The number of nitrogens with zero attached hydrogens (tertiary/aromatic N) is 1. The van der Waals surface area contributed by atoms with Crippen molar-refractivity contribution in [3.05, 3.63) is 64.7 Å². The van der Waals surface area contributed by atoms with Gasteiger partial charge in [-0.25, -0.2) is 17.9 Å². The van der Waals surface area contributed by atoms with Crippen LogP contribution in [0.5, 0.6) is 0 Å². The second-order valence-electron chi connectivity index (χ2n) is 7.81. The molecule has 0 spiro atoms. The molecule has 1 aliphatic heterocycles. The van der Waals surface area contributed by atoms with Crippen molar-refractivity contribution in [3.63, 3.8) is 0 Å². The summed E-state index contributed by atoms with van der Waals surface area (Å²) >= 11 is 0. The van der Waals surface area contributed by atoms with E-state index in [0.717, 1.165) is 25.2 Å². The number of aliphatic hydroxyl groups is 1. The van der Waals surface area contributed by atoms with Crippen molar-refractivity contribution in [2.75, 3.05) is 7.05 Å². The number of amides is 3. The molecule has 0 saturated carbocycles. The van der Waals surface area contributed by atoms with Crippen LogP contribution in [0.15, 0.2) is 47.4 Å². The largest absolute Gasteiger partial charge is 0.430 e. The lowest BCUT2D eigenvalue weighted by atomic mass is 9.80. The Morgan fingerprint density at radius 3 is 1.94 bits per heavy atom. The first-order valence-electron chi connectivity index (χ1n) is 9.76. The third kappa shape index (κ3) is 3.75. The van der Waals surface area contributed by atoms with Gasteiger partial charge in [0.25, 0.3) is 11.5 Å². The smallest absolute Gasteiger partial charge is 0.369 e. The Balaban J connectivity index is 2.28. The lowest BCUT2D eigenvalue weighted by Gasteiger charge is -2.37. The Kier molecular flexibility index (Phi) is 6.31. The highest BCUT2D eigenvalue weighted by Crippen LogP contribution is 2.51. The van der Waals surface area contributed by atoms with E-state index in [0.29, 0.717) is 17.0 Å². The van der Waals surface area contributed by atoms with Crippen LogP contribution in [-0.4, -0.2) is 49.8 Å². The highest BCUT2D eigenvalue weighted by atomic mass is 32.2. The molecule has 1 aliphatic rings. The standard InChI is InChI=1S/C20H18F6N4O5S/c1-29-36(34,35)13-6-7-14-10(8-13)9-30(16(28)32)17(14,15(27)31)11-2-4-12(5-3-11)18(33,19(21,22)23)20(24,25)26/h2-8,29,33H,9H2,1H3,(H2,27,31)(H2,28,32). The van der Waals surface area contributed by atoms with Gasteiger partial charge in [0.05, 0.1) is 4.90 Å². The van der Waals surface area contributed by atoms with Crippen LogP contribution in [0.2, 0.25) is 0 Å². The average molecular weight is 540 g/mol. The maximum Gasteiger partial charge on any atom is 0.430 e. The van der Waals surface area contributed by atoms with Crippen LogP contribution in [0.3, 0.4) is 0 Å². The molecule has 0 radical (unpaired) electrons. The van der Waals surface area contributed by atoms with Crippen molar-refractivity contribution in [1.82, 2.24) is 9.62 Å². The van der Waals surface area contributed by atoms with Gasteiger partial charge in [0, 0.05) is 12.1 Å². The van der Waals surface area contributed by atoms with Crippen molar-refractivity contribution in [3.8, 4) is 0 Å². The van der Waals surface area contributed by atoms with Gasteiger partial charge in [0.1, 0.15) is 0 Å². The molecule has 196 valence electrons. The number of primary amides is 2. The summed E-state index contributed by atoms with van der Waals surface area (Å²) in [6.45, 7) is -0.461. The molecule has 2 aromatic rings. The molecule has 0 aromatic heterocycles. The monoisotopic (exact) mass is 540 g/mol. The SMILES string of the molecule is CNS(=O)(=O)c1ccc2c(c1)CN(C(N)=O)C2(C(N)=O)c1ccc(C(O)(C(F)(F)F)C(F)(F)F)cc1. The number of carbonyl (C=O) groups is 2. The van der Waals surface area contributed by atoms with Crippen LogP contribution in [0.25, 0.3) is 0 Å². The average Bonchev–Trinajstić information content (AvgIpc) is 3.13. The molecule has 1 atom stereocenters. The number of halogens is 6. The molecule has 0 fully saturated rings. The van der Waals surface area contributed by atoms with E-state index in [1.165, 1.54) is 0 Å². The van der Waals surface area contributed by atoms with Gasteiger partial charge in [0.15, 0.2) is 5.54 Å². The van der Waals surface area contributed by atoms with Crippen molar-refractivity contribution in [2.24, 2.45) is 11.5 Å². The number of fused-ring (bicyclic) bond motifs is 1. The molecule has 2 aromatic carbocycles. The van der Waals surface area contributed by atoms with E-state index in [1.54, 1.807) is 0 Å². The van der Waals surface area contributed by atoms with Gasteiger partial charge in [-0.05, 0) is 35.9 Å². The third-order valence-corrected chi connectivity index (χ3v) is 7.35. The van der Waals surface area contributed by atoms with Crippen LogP contribution < -0.4 is 16.2 Å². The van der Waals surface area contributed by atoms with Gasteiger partial charge in [-0.15, -0.1) is 0 Å². The van der Waals surface area contributed by atoms with E-state index < -0.39 is 57.6 Å². The normalized spacial score (nSPS) is 18.7. The third-order valence-electron chi connectivity index (χ3n) is 5.94. The Bertz CT molecular complexity index is 1310. The molecule has 36 heavy (non-hydrogen) atoms. The van der Waals surface area contributed by atoms with Gasteiger partial charge < -0.3 is 16.6 Å². The molecule has 1 unspecified atom stereocenters. The summed E-state index contributed by atoms with van der Waals surface area (Å²) in [5.41, 5.74) is 1.50. The number of alkyl halides is 6. The number of hydrogen-bond acceptors (Lipinski definition) is 5. The maximum absolute atomic E-state index is 13.3. The molecule has 16 heteroatoms. The number of rotatable bonds is 5. The summed E-state index contributed by atoms with van der Waals surface area (Å²) in [7, 11) is -2.84. The van der Waals surface area contributed by atoms with Crippen molar-refractivity contribution in [2.45, 2.75) is 34.9 Å². The number of benzene rings is 2. The number of nitrogens with two attached hydrogens (primary N) is 2. The van der Waals surface area contributed by atoms with Crippen LogP contribution in [-0.2, 0) is 32.5 Å². The lowest BCUT2D eigenvalue weighted by Crippen LogP contribution is -2.56. The first-order valence-corrected chi connectivity index (χ1v) is 11.2. The fraction of sp³-hybridized carbons (Fsp3) is 0.300. The Hall–Kier alpha value is -3.37. The molecule has 0 aliphatic carbocycles. The first kappa shape index (κ1) is 27.2. The second-order valence-corrected chi connectivity index (χ2v) is 9.70. The molecule has 9 nitrogen and oxygen atoms in total. The van der Waals surface area contributed by atoms with Crippen LogP contribution in [0.1, 0.15) is 22.3 Å².